The first-order chi connectivity index (χ1) is 11.8. The lowest BCUT2D eigenvalue weighted by molar-refractivity contribution is -0.123. The SMILES string of the molecule is C[C@H](C(=O)NCCCOCc1ccco1)n1cnc2ccccc21. The van der Waals surface area contributed by atoms with Crippen LogP contribution in [-0.4, -0.2) is 28.6 Å². The molecule has 1 atom stereocenters. The summed E-state index contributed by atoms with van der Waals surface area (Å²) < 4.78 is 12.6. The van der Waals surface area contributed by atoms with Gasteiger partial charge in [-0.2, -0.15) is 0 Å². The van der Waals surface area contributed by atoms with Gasteiger partial charge in [-0.1, -0.05) is 12.1 Å². The van der Waals surface area contributed by atoms with Gasteiger partial charge in [0, 0.05) is 13.2 Å². The van der Waals surface area contributed by atoms with Crippen LogP contribution >= 0.6 is 0 Å². The summed E-state index contributed by atoms with van der Waals surface area (Å²) in [5.74, 6) is 0.781. The molecule has 0 aliphatic carbocycles. The molecule has 2 aromatic heterocycles. The Morgan fingerprint density at radius 2 is 2.21 bits per heavy atom. The highest BCUT2D eigenvalue weighted by atomic mass is 16.5. The lowest BCUT2D eigenvalue weighted by Crippen LogP contribution is -2.31. The molecule has 0 saturated heterocycles. The Bertz CT molecular complexity index is 780. The molecule has 0 aliphatic rings. The highest BCUT2D eigenvalue weighted by Crippen LogP contribution is 2.17. The fourth-order valence-corrected chi connectivity index (χ4v) is 2.51. The number of ether oxygens (including phenoxy) is 1. The Labute approximate surface area is 140 Å². The van der Waals surface area contributed by atoms with Crippen LogP contribution in [0.15, 0.2) is 53.4 Å². The van der Waals surface area contributed by atoms with E-state index in [-0.39, 0.29) is 11.9 Å². The van der Waals surface area contributed by atoms with Gasteiger partial charge in [-0.25, -0.2) is 4.98 Å². The summed E-state index contributed by atoms with van der Waals surface area (Å²) in [5.41, 5.74) is 1.85. The zero-order valence-electron chi connectivity index (χ0n) is 13.6. The fraction of sp³-hybridized carbons (Fsp3) is 0.333. The number of fused-ring (bicyclic) bond motifs is 1. The highest BCUT2D eigenvalue weighted by molar-refractivity contribution is 5.83. The Kier molecular flexibility index (Phi) is 5.28. The first kappa shape index (κ1) is 16.3. The van der Waals surface area contributed by atoms with E-state index < -0.39 is 0 Å². The average Bonchev–Trinajstić information content (AvgIpc) is 3.26. The molecule has 0 saturated carbocycles. The molecule has 1 N–H and O–H groups in total. The third-order valence-electron chi connectivity index (χ3n) is 3.87. The number of aromatic nitrogens is 2. The number of nitrogens with one attached hydrogen (secondary N) is 1. The van der Waals surface area contributed by atoms with Crippen LogP contribution in [0.5, 0.6) is 0 Å². The van der Waals surface area contributed by atoms with Crippen LogP contribution in [-0.2, 0) is 16.1 Å². The molecule has 1 amide bonds. The zero-order valence-corrected chi connectivity index (χ0v) is 13.6. The number of imidazole rings is 1. The van der Waals surface area contributed by atoms with Crippen molar-refractivity contribution in [1.82, 2.24) is 14.9 Å². The van der Waals surface area contributed by atoms with Crippen molar-refractivity contribution < 1.29 is 13.9 Å². The Morgan fingerprint density at radius 1 is 1.33 bits per heavy atom. The monoisotopic (exact) mass is 327 g/mol. The molecule has 3 aromatic rings. The van der Waals surface area contributed by atoms with E-state index in [1.807, 2.05) is 47.9 Å². The summed E-state index contributed by atoms with van der Waals surface area (Å²) >= 11 is 0. The van der Waals surface area contributed by atoms with Crippen LogP contribution in [0.2, 0.25) is 0 Å². The molecule has 6 heteroatoms. The maximum Gasteiger partial charge on any atom is 0.242 e. The molecule has 1 aromatic carbocycles. The van der Waals surface area contributed by atoms with Gasteiger partial charge in [0.15, 0.2) is 0 Å². The van der Waals surface area contributed by atoms with Crippen LogP contribution in [0, 0.1) is 0 Å². The van der Waals surface area contributed by atoms with Crippen LogP contribution in [0.25, 0.3) is 11.0 Å². The molecule has 0 fully saturated rings. The van der Waals surface area contributed by atoms with Gasteiger partial charge in [0.25, 0.3) is 0 Å². The first-order valence-electron chi connectivity index (χ1n) is 8.05. The largest absolute Gasteiger partial charge is 0.467 e. The number of carbonyl (C=O) groups is 1. The zero-order chi connectivity index (χ0) is 16.8. The predicted octanol–water partition coefficient (Wildman–Crippen LogP) is 2.91. The van der Waals surface area contributed by atoms with Gasteiger partial charge in [0.05, 0.1) is 23.6 Å². The lowest BCUT2D eigenvalue weighted by atomic mass is 10.2. The molecule has 0 radical (unpaired) electrons. The van der Waals surface area contributed by atoms with Crippen molar-refractivity contribution in [2.75, 3.05) is 13.2 Å². The van der Waals surface area contributed by atoms with Crippen LogP contribution < -0.4 is 5.32 Å². The van der Waals surface area contributed by atoms with Gasteiger partial charge >= 0.3 is 0 Å². The van der Waals surface area contributed by atoms with Crippen molar-refractivity contribution in [3.63, 3.8) is 0 Å². The van der Waals surface area contributed by atoms with Crippen molar-refractivity contribution >= 4 is 16.9 Å². The number of amides is 1. The number of hydrogen-bond donors (Lipinski definition) is 1. The maximum atomic E-state index is 12.3. The predicted molar refractivity (Wildman–Crippen MR) is 90.4 cm³/mol. The van der Waals surface area contributed by atoms with Crippen LogP contribution in [0.3, 0.4) is 0 Å². The second kappa shape index (κ2) is 7.79. The maximum absolute atomic E-state index is 12.3. The van der Waals surface area contributed by atoms with E-state index in [9.17, 15) is 4.79 Å². The summed E-state index contributed by atoms with van der Waals surface area (Å²) in [6.45, 7) is 3.48. The topological polar surface area (TPSA) is 69.3 Å². The number of benzene rings is 1. The van der Waals surface area contributed by atoms with E-state index in [2.05, 4.69) is 10.3 Å². The van der Waals surface area contributed by atoms with Crippen molar-refractivity contribution in [1.29, 1.82) is 0 Å². The molecule has 24 heavy (non-hydrogen) atoms. The number of nitrogens with zero attached hydrogens (tertiary/aromatic N) is 2. The molecular weight excluding hydrogens is 306 g/mol. The number of furan rings is 1. The molecule has 0 spiro atoms. The van der Waals surface area contributed by atoms with E-state index in [4.69, 9.17) is 9.15 Å². The lowest BCUT2D eigenvalue weighted by Gasteiger charge is -2.14. The summed E-state index contributed by atoms with van der Waals surface area (Å²) in [6, 6.07) is 11.2. The van der Waals surface area contributed by atoms with Crippen LogP contribution in [0.4, 0.5) is 0 Å². The Balaban J connectivity index is 1.41. The fourth-order valence-electron chi connectivity index (χ4n) is 2.51. The molecule has 2 heterocycles. The molecule has 3 rings (SSSR count). The van der Waals surface area contributed by atoms with E-state index in [1.165, 1.54) is 0 Å². The summed E-state index contributed by atoms with van der Waals surface area (Å²) in [7, 11) is 0. The van der Waals surface area contributed by atoms with E-state index >= 15 is 0 Å². The molecule has 6 nitrogen and oxygen atoms in total. The van der Waals surface area contributed by atoms with Gasteiger partial charge in [-0.05, 0) is 37.6 Å². The van der Waals surface area contributed by atoms with E-state index in [1.54, 1.807) is 12.6 Å². The Morgan fingerprint density at radius 3 is 3.04 bits per heavy atom. The van der Waals surface area contributed by atoms with Crippen molar-refractivity contribution in [3.8, 4) is 0 Å². The molecule has 0 unspecified atom stereocenters. The number of hydrogen-bond acceptors (Lipinski definition) is 4. The molecule has 0 bridgehead atoms. The van der Waals surface area contributed by atoms with E-state index in [0.717, 1.165) is 23.2 Å². The van der Waals surface area contributed by atoms with Gasteiger partial charge in [0.2, 0.25) is 5.91 Å². The van der Waals surface area contributed by atoms with Gasteiger partial charge in [-0.3, -0.25) is 4.79 Å². The third-order valence-corrected chi connectivity index (χ3v) is 3.87. The summed E-state index contributed by atoms with van der Waals surface area (Å²) in [4.78, 5) is 16.6. The quantitative estimate of drug-likeness (QED) is 0.646. The summed E-state index contributed by atoms with van der Waals surface area (Å²) in [6.07, 6.45) is 4.09. The van der Waals surface area contributed by atoms with Crippen molar-refractivity contribution in [3.05, 3.63) is 54.7 Å². The van der Waals surface area contributed by atoms with Gasteiger partial charge in [0.1, 0.15) is 18.4 Å². The standard InChI is InChI=1S/C18H21N3O3/c1-14(21-13-20-16-7-2-3-8-17(16)21)18(22)19-9-5-10-23-12-15-6-4-11-24-15/h2-4,6-8,11,13-14H,5,9-10,12H2,1H3,(H,19,22)/t14-/m1/s1. The Hall–Kier alpha value is -2.60. The number of rotatable bonds is 8. The second-order valence-electron chi connectivity index (χ2n) is 5.59. The smallest absolute Gasteiger partial charge is 0.242 e. The van der Waals surface area contributed by atoms with E-state index in [0.29, 0.717) is 19.8 Å². The number of para-hydroxylation sites is 2. The van der Waals surface area contributed by atoms with Gasteiger partial charge in [-0.15, -0.1) is 0 Å². The average molecular weight is 327 g/mol. The third kappa shape index (κ3) is 3.83. The summed E-state index contributed by atoms with van der Waals surface area (Å²) in [5, 5.41) is 2.94. The van der Waals surface area contributed by atoms with Crippen LogP contribution in [0.1, 0.15) is 25.1 Å². The van der Waals surface area contributed by atoms with Crippen molar-refractivity contribution in [2.45, 2.75) is 26.0 Å². The van der Waals surface area contributed by atoms with Gasteiger partial charge < -0.3 is 19.0 Å². The minimum atomic E-state index is -0.304. The highest BCUT2D eigenvalue weighted by Gasteiger charge is 2.16. The minimum Gasteiger partial charge on any atom is -0.467 e. The second-order valence-corrected chi connectivity index (χ2v) is 5.59. The minimum absolute atomic E-state index is 0.0239. The molecule has 126 valence electrons. The first-order valence-corrected chi connectivity index (χ1v) is 8.05. The molecular formula is C18H21N3O3. The van der Waals surface area contributed by atoms with Crippen molar-refractivity contribution in [2.24, 2.45) is 0 Å². The number of carbonyl (C=O) groups excluding carboxylic acids is 1. The molecule has 0 aliphatic heterocycles. The normalized spacial score (nSPS) is 12.4.